The summed E-state index contributed by atoms with van der Waals surface area (Å²) in [6.45, 7) is 0. The van der Waals surface area contributed by atoms with Gasteiger partial charge >= 0.3 is 6.18 Å². The van der Waals surface area contributed by atoms with Crippen molar-refractivity contribution in [2.75, 3.05) is 0 Å². The number of fused-ring (bicyclic) bond motifs is 1. The second-order valence-electron chi connectivity index (χ2n) is 6.88. The van der Waals surface area contributed by atoms with E-state index in [0.717, 1.165) is 30.3 Å². The highest BCUT2D eigenvalue weighted by Gasteiger charge is 2.43. The van der Waals surface area contributed by atoms with Gasteiger partial charge in [0, 0.05) is 11.5 Å². The van der Waals surface area contributed by atoms with Crippen molar-refractivity contribution in [3.8, 4) is 16.8 Å². The van der Waals surface area contributed by atoms with Crippen molar-refractivity contribution in [3.05, 3.63) is 99.4 Å². The van der Waals surface area contributed by atoms with E-state index in [-0.39, 0.29) is 21.1 Å². The van der Waals surface area contributed by atoms with E-state index in [2.05, 4.69) is 0 Å². The molecule has 0 atom stereocenters. The minimum absolute atomic E-state index is 0.0302. The maximum Gasteiger partial charge on any atom is 0.422 e. The van der Waals surface area contributed by atoms with Crippen LogP contribution >= 0.6 is 0 Å². The minimum atomic E-state index is -5.78. The van der Waals surface area contributed by atoms with E-state index in [4.69, 9.17) is 0 Å². The van der Waals surface area contributed by atoms with Crippen LogP contribution < -0.4 is 5.56 Å². The van der Waals surface area contributed by atoms with E-state index in [0.29, 0.717) is 6.07 Å². The van der Waals surface area contributed by atoms with Crippen LogP contribution in [-0.4, -0.2) is 4.57 Å². The van der Waals surface area contributed by atoms with Gasteiger partial charge in [0.05, 0.1) is 5.52 Å². The molecule has 0 spiro atoms. The molecule has 0 saturated heterocycles. The Balaban J connectivity index is 2.14. The molecule has 0 N–H and O–H groups in total. The van der Waals surface area contributed by atoms with Gasteiger partial charge in [0.1, 0.15) is 22.9 Å². The van der Waals surface area contributed by atoms with Crippen molar-refractivity contribution in [2.24, 2.45) is 0 Å². The summed E-state index contributed by atoms with van der Waals surface area (Å²) in [6.07, 6.45) is -5.78. The minimum Gasteiger partial charge on any atom is -0.271 e. The molecule has 0 saturated carbocycles. The molecule has 1 aromatic heterocycles. The van der Waals surface area contributed by atoms with Crippen molar-refractivity contribution < 1.29 is 39.5 Å². The standard InChI is InChI=1S/C22H8F9NO/c23-10-3-1-9(2-4-10)13-8-15(33)32(14-7-11(24)5-6-12(13)14)21-19(27)17(25)16(22(29,30)31)18(26)20(21)28/h1-8H. The Kier molecular flexibility index (Phi) is 5.22. The maximum absolute atomic E-state index is 14.6. The molecule has 0 aliphatic carbocycles. The Hall–Kier alpha value is -3.76. The van der Waals surface area contributed by atoms with Crippen LogP contribution in [0.1, 0.15) is 5.56 Å². The first-order valence-electron chi connectivity index (χ1n) is 8.96. The summed E-state index contributed by atoms with van der Waals surface area (Å²) >= 11 is 0. The number of hydrogen-bond acceptors (Lipinski definition) is 1. The van der Waals surface area contributed by atoms with Gasteiger partial charge in [-0.1, -0.05) is 12.1 Å². The number of halogens is 9. The molecule has 1 heterocycles. The Labute approximate surface area is 178 Å². The first-order valence-corrected chi connectivity index (χ1v) is 8.96. The fourth-order valence-corrected chi connectivity index (χ4v) is 3.47. The van der Waals surface area contributed by atoms with Crippen LogP contribution in [0.5, 0.6) is 0 Å². The van der Waals surface area contributed by atoms with Crippen LogP contribution in [0.2, 0.25) is 0 Å². The molecule has 11 heteroatoms. The lowest BCUT2D eigenvalue weighted by Gasteiger charge is -2.18. The average Bonchev–Trinajstić information content (AvgIpc) is 2.73. The van der Waals surface area contributed by atoms with E-state index >= 15 is 0 Å². The average molecular weight is 473 g/mol. The molecular formula is C22H8F9NO. The summed E-state index contributed by atoms with van der Waals surface area (Å²) in [4.78, 5) is 12.8. The molecule has 0 fully saturated rings. The predicted octanol–water partition coefficient (Wildman–Crippen LogP) is 6.51. The second-order valence-corrected chi connectivity index (χ2v) is 6.88. The molecule has 4 rings (SSSR count). The summed E-state index contributed by atoms with van der Waals surface area (Å²) in [6, 6.07) is 7.92. The Morgan fingerprint density at radius 1 is 0.667 bits per heavy atom. The molecule has 0 amide bonds. The molecule has 33 heavy (non-hydrogen) atoms. The SMILES string of the molecule is O=c1cc(-c2ccc(F)cc2)c2ccc(F)cc2n1-c1c(F)c(F)c(C(F)(F)F)c(F)c1F. The summed E-state index contributed by atoms with van der Waals surface area (Å²) < 4.78 is 124. The van der Waals surface area contributed by atoms with Crippen LogP contribution in [0.3, 0.4) is 0 Å². The van der Waals surface area contributed by atoms with E-state index in [1.807, 2.05) is 0 Å². The molecule has 0 bridgehead atoms. The van der Waals surface area contributed by atoms with Gasteiger partial charge in [-0.05, 0) is 41.5 Å². The number of rotatable bonds is 2. The molecular weight excluding hydrogens is 465 g/mol. The van der Waals surface area contributed by atoms with Crippen LogP contribution in [-0.2, 0) is 6.18 Å². The van der Waals surface area contributed by atoms with Crippen molar-refractivity contribution in [3.63, 3.8) is 0 Å². The van der Waals surface area contributed by atoms with E-state index in [1.165, 1.54) is 12.1 Å². The monoisotopic (exact) mass is 473 g/mol. The smallest absolute Gasteiger partial charge is 0.271 e. The van der Waals surface area contributed by atoms with Gasteiger partial charge in [-0.15, -0.1) is 0 Å². The first kappa shape index (κ1) is 22.4. The fourth-order valence-electron chi connectivity index (χ4n) is 3.47. The number of aromatic nitrogens is 1. The highest BCUT2D eigenvalue weighted by Crippen LogP contribution is 2.39. The Morgan fingerprint density at radius 2 is 1.21 bits per heavy atom. The van der Waals surface area contributed by atoms with Gasteiger partial charge in [0.15, 0.2) is 23.3 Å². The molecule has 0 aliphatic heterocycles. The van der Waals surface area contributed by atoms with Crippen molar-refractivity contribution in [2.45, 2.75) is 6.18 Å². The lowest BCUT2D eigenvalue weighted by Crippen LogP contribution is -2.24. The van der Waals surface area contributed by atoms with Gasteiger partial charge in [0.2, 0.25) is 0 Å². The molecule has 3 aromatic carbocycles. The number of hydrogen-bond donors (Lipinski definition) is 0. The fraction of sp³-hybridized carbons (Fsp3) is 0.0455. The van der Waals surface area contributed by atoms with Crippen LogP contribution in [0.15, 0.2) is 53.3 Å². The zero-order valence-electron chi connectivity index (χ0n) is 15.9. The predicted molar refractivity (Wildman–Crippen MR) is 99.7 cm³/mol. The maximum atomic E-state index is 14.6. The van der Waals surface area contributed by atoms with Crippen LogP contribution in [0.25, 0.3) is 27.7 Å². The van der Waals surface area contributed by atoms with Crippen LogP contribution in [0, 0.1) is 34.9 Å². The Morgan fingerprint density at radius 3 is 1.76 bits per heavy atom. The highest BCUT2D eigenvalue weighted by molar-refractivity contribution is 5.95. The lowest BCUT2D eigenvalue weighted by molar-refractivity contribution is -0.143. The topological polar surface area (TPSA) is 22.0 Å². The molecule has 4 aromatic rings. The van der Waals surface area contributed by atoms with Crippen molar-refractivity contribution in [1.82, 2.24) is 4.57 Å². The highest BCUT2D eigenvalue weighted by atomic mass is 19.4. The molecule has 170 valence electrons. The molecule has 2 nitrogen and oxygen atoms in total. The summed E-state index contributed by atoms with van der Waals surface area (Å²) in [5.41, 5.74) is -6.28. The molecule has 0 radical (unpaired) electrons. The van der Waals surface area contributed by atoms with E-state index in [1.54, 1.807) is 0 Å². The largest absolute Gasteiger partial charge is 0.422 e. The molecule has 0 unspecified atom stereocenters. The number of nitrogens with zero attached hydrogens (tertiary/aromatic N) is 1. The quantitative estimate of drug-likeness (QED) is 0.240. The Bertz CT molecular complexity index is 1440. The van der Waals surface area contributed by atoms with Crippen LogP contribution in [0.4, 0.5) is 39.5 Å². The summed E-state index contributed by atoms with van der Waals surface area (Å²) in [7, 11) is 0. The van der Waals surface area contributed by atoms with Gasteiger partial charge < -0.3 is 0 Å². The third kappa shape index (κ3) is 3.62. The number of alkyl halides is 3. The number of benzene rings is 3. The lowest BCUT2D eigenvalue weighted by atomic mass is 10.0. The van der Waals surface area contributed by atoms with E-state index < -0.39 is 63.4 Å². The number of pyridine rings is 1. The van der Waals surface area contributed by atoms with E-state index in [9.17, 15) is 44.3 Å². The van der Waals surface area contributed by atoms with Gasteiger partial charge in [0.25, 0.3) is 5.56 Å². The zero-order chi connectivity index (χ0) is 24.2. The summed E-state index contributed by atoms with van der Waals surface area (Å²) in [5, 5.41) is -0.0675. The second kappa shape index (κ2) is 7.68. The van der Waals surface area contributed by atoms with Crippen molar-refractivity contribution >= 4 is 10.9 Å². The van der Waals surface area contributed by atoms with Gasteiger partial charge in [-0.25, -0.2) is 26.3 Å². The van der Waals surface area contributed by atoms with Gasteiger partial charge in [-0.3, -0.25) is 9.36 Å². The van der Waals surface area contributed by atoms with Gasteiger partial charge in [-0.2, -0.15) is 13.2 Å². The molecule has 0 aliphatic rings. The third-order valence-electron chi connectivity index (χ3n) is 4.88. The third-order valence-corrected chi connectivity index (χ3v) is 4.88. The summed E-state index contributed by atoms with van der Waals surface area (Å²) in [5.74, 6) is -12.2. The van der Waals surface area contributed by atoms with Crippen molar-refractivity contribution in [1.29, 1.82) is 0 Å². The normalized spacial score (nSPS) is 11.9. The first-order chi connectivity index (χ1) is 15.4. The zero-order valence-corrected chi connectivity index (χ0v) is 15.9.